The summed E-state index contributed by atoms with van der Waals surface area (Å²) in [7, 11) is 1.33. The molecular weight excluding hydrogens is 226 g/mol. The molecule has 0 fully saturated rings. The van der Waals surface area contributed by atoms with E-state index in [0.717, 1.165) is 5.75 Å². The van der Waals surface area contributed by atoms with Gasteiger partial charge in [-0.3, -0.25) is 4.79 Å². The zero-order valence-electron chi connectivity index (χ0n) is 10.5. The van der Waals surface area contributed by atoms with Gasteiger partial charge in [0, 0.05) is 5.75 Å². The molecule has 0 bridgehead atoms. The fourth-order valence-corrected chi connectivity index (χ4v) is 2.24. The Morgan fingerprint density at radius 2 is 2.12 bits per heavy atom. The molecule has 0 aliphatic heterocycles. The molecular formula is C11H23NO3S. The topological polar surface area (TPSA) is 72.5 Å². The Morgan fingerprint density at radius 3 is 2.56 bits per heavy atom. The highest BCUT2D eigenvalue weighted by Crippen LogP contribution is 2.22. The highest BCUT2D eigenvalue weighted by molar-refractivity contribution is 7.99. The largest absolute Gasteiger partial charge is 0.468 e. The molecule has 96 valence electrons. The highest BCUT2D eigenvalue weighted by atomic mass is 32.2. The van der Waals surface area contributed by atoms with Gasteiger partial charge < -0.3 is 15.6 Å². The van der Waals surface area contributed by atoms with E-state index >= 15 is 0 Å². The number of ether oxygens (including phenoxy) is 1. The van der Waals surface area contributed by atoms with Gasteiger partial charge >= 0.3 is 5.97 Å². The third-order valence-corrected chi connectivity index (χ3v) is 4.03. The van der Waals surface area contributed by atoms with Crippen LogP contribution in [0.25, 0.3) is 0 Å². The van der Waals surface area contributed by atoms with Gasteiger partial charge in [-0.25, -0.2) is 0 Å². The number of aliphatic hydroxyl groups is 1. The third-order valence-electron chi connectivity index (χ3n) is 2.72. The molecule has 0 aromatic rings. The van der Waals surface area contributed by atoms with Crippen LogP contribution in [-0.4, -0.2) is 41.3 Å². The number of esters is 1. The van der Waals surface area contributed by atoms with E-state index in [2.05, 4.69) is 4.74 Å². The number of hydrogen-bond acceptors (Lipinski definition) is 5. The SMILES string of the molecule is COC(=O)C(N)CCSCC(C)(O)C(C)C. The van der Waals surface area contributed by atoms with Crippen LogP contribution in [0.3, 0.4) is 0 Å². The summed E-state index contributed by atoms with van der Waals surface area (Å²) < 4.78 is 4.53. The predicted octanol–water partition coefficient (Wildman–Crippen LogP) is 1.02. The number of nitrogens with two attached hydrogens (primary N) is 1. The minimum Gasteiger partial charge on any atom is -0.468 e. The number of methoxy groups -OCH3 is 1. The lowest BCUT2D eigenvalue weighted by atomic mass is 9.95. The molecule has 16 heavy (non-hydrogen) atoms. The smallest absolute Gasteiger partial charge is 0.322 e. The lowest BCUT2D eigenvalue weighted by Gasteiger charge is -2.27. The Bertz CT molecular complexity index is 219. The van der Waals surface area contributed by atoms with Crippen molar-refractivity contribution in [2.45, 2.75) is 38.8 Å². The fourth-order valence-electron chi connectivity index (χ4n) is 0.925. The van der Waals surface area contributed by atoms with Crippen LogP contribution in [0.5, 0.6) is 0 Å². The second-order valence-electron chi connectivity index (χ2n) is 4.48. The van der Waals surface area contributed by atoms with E-state index in [1.165, 1.54) is 7.11 Å². The van der Waals surface area contributed by atoms with Crippen LogP contribution < -0.4 is 5.73 Å². The van der Waals surface area contributed by atoms with Crippen LogP contribution in [0.1, 0.15) is 27.2 Å². The molecule has 0 amide bonds. The maximum atomic E-state index is 11.0. The van der Waals surface area contributed by atoms with Gasteiger partial charge in [0.25, 0.3) is 0 Å². The van der Waals surface area contributed by atoms with Crippen LogP contribution in [0.15, 0.2) is 0 Å². The minimum absolute atomic E-state index is 0.217. The summed E-state index contributed by atoms with van der Waals surface area (Å²) in [6.07, 6.45) is 0.575. The lowest BCUT2D eigenvalue weighted by Crippen LogP contribution is -2.35. The van der Waals surface area contributed by atoms with Crippen molar-refractivity contribution in [3.8, 4) is 0 Å². The zero-order valence-corrected chi connectivity index (χ0v) is 11.3. The first-order valence-corrected chi connectivity index (χ1v) is 6.60. The molecule has 0 aromatic heterocycles. The van der Waals surface area contributed by atoms with E-state index in [4.69, 9.17) is 5.73 Å². The summed E-state index contributed by atoms with van der Waals surface area (Å²) in [6, 6.07) is -0.554. The van der Waals surface area contributed by atoms with Gasteiger partial charge in [0.1, 0.15) is 6.04 Å². The summed E-state index contributed by atoms with van der Waals surface area (Å²) in [5, 5.41) is 9.97. The van der Waals surface area contributed by atoms with E-state index in [0.29, 0.717) is 12.2 Å². The molecule has 0 rings (SSSR count). The fraction of sp³-hybridized carbons (Fsp3) is 0.909. The molecule has 0 saturated heterocycles. The van der Waals surface area contributed by atoms with Crippen molar-refractivity contribution < 1.29 is 14.6 Å². The summed E-state index contributed by atoms with van der Waals surface area (Å²) >= 11 is 1.61. The number of carbonyl (C=O) groups is 1. The van der Waals surface area contributed by atoms with Gasteiger partial charge in [0.2, 0.25) is 0 Å². The molecule has 2 unspecified atom stereocenters. The molecule has 0 saturated carbocycles. The monoisotopic (exact) mass is 249 g/mol. The molecule has 2 atom stereocenters. The average Bonchev–Trinajstić information content (AvgIpc) is 2.22. The Kier molecular flexibility index (Phi) is 7.03. The molecule has 0 aliphatic rings. The van der Waals surface area contributed by atoms with Crippen LogP contribution >= 0.6 is 11.8 Å². The van der Waals surface area contributed by atoms with Gasteiger partial charge in [-0.1, -0.05) is 13.8 Å². The first kappa shape index (κ1) is 15.7. The molecule has 0 aromatic carbocycles. The molecule has 5 heteroatoms. The molecule has 0 spiro atoms. The Hall–Kier alpha value is -0.260. The Labute approximate surface area is 102 Å². The van der Waals surface area contributed by atoms with Crippen molar-refractivity contribution >= 4 is 17.7 Å². The number of hydrogen-bond donors (Lipinski definition) is 2. The first-order chi connectivity index (χ1) is 7.31. The summed E-state index contributed by atoms with van der Waals surface area (Å²) in [5.74, 6) is 1.24. The summed E-state index contributed by atoms with van der Waals surface area (Å²) in [6.45, 7) is 5.80. The van der Waals surface area contributed by atoms with Gasteiger partial charge in [-0.15, -0.1) is 0 Å². The lowest BCUT2D eigenvalue weighted by molar-refractivity contribution is -0.142. The van der Waals surface area contributed by atoms with Crippen molar-refractivity contribution in [3.63, 3.8) is 0 Å². The van der Waals surface area contributed by atoms with E-state index in [1.807, 2.05) is 20.8 Å². The maximum Gasteiger partial charge on any atom is 0.322 e. The minimum atomic E-state index is -0.667. The predicted molar refractivity (Wildman–Crippen MR) is 67.4 cm³/mol. The van der Waals surface area contributed by atoms with E-state index in [9.17, 15) is 9.90 Å². The standard InChI is InChI=1S/C11H23NO3S/c1-8(2)11(3,14)7-16-6-5-9(12)10(13)15-4/h8-9,14H,5-7,12H2,1-4H3. The third kappa shape index (κ3) is 5.72. The molecule has 0 aliphatic carbocycles. The molecule has 0 heterocycles. The molecule has 3 N–H and O–H groups in total. The van der Waals surface area contributed by atoms with Crippen molar-refractivity contribution in [3.05, 3.63) is 0 Å². The van der Waals surface area contributed by atoms with Gasteiger partial charge in [-0.2, -0.15) is 11.8 Å². The van der Waals surface area contributed by atoms with Crippen LogP contribution in [0.2, 0.25) is 0 Å². The molecule has 4 nitrogen and oxygen atoms in total. The first-order valence-electron chi connectivity index (χ1n) is 5.44. The summed E-state index contributed by atoms with van der Waals surface area (Å²) in [4.78, 5) is 11.0. The quantitative estimate of drug-likeness (QED) is 0.520. The van der Waals surface area contributed by atoms with Gasteiger partial charge in [0.05, 0.1) is 12.7 Å². The van der Waals surface area contributed by atoms with Gasteiger partial charge in [-0.05, 0) is 25.0 Å². The second kappa shape index (κ2) is 7.14. The van der Waals surface area contributed by atoms with Gasteiger partial charge in [0.15, 0.2) is 0 Å². The normalized spacial score (nSPS) is 16.9. The maximum absolute atomic E-state index is 11.0. The van der Waals surface area contributed by atoms with E-state index in [1.54, 1.807) is 11.8 Å². The summed E-state index contributed by atoms with van der Waals surface area (Å²) in [5.41, 5.74) is 4.92. The van der Waals surface area contributed by atoms with Crippen LogP contribution in [-0.2, 0) is 9.53 Å². The van der Waals surface area contributed by atoms with E-state index < -0.39 is 11.6 Å². The van der Waals surface area contributed by atoms with Crippen molar-refractivity contribution in [1.29, 1.82) is 0 Å². The molecule has 0 radical (unpaired) electrons. The Morgan fingerprint density at radius 1 is 1.56 bits per heavy atom. The van der Waals surface area contributed by atoms with Crippen molar-refractivity contribution in [2.24, 2.45) is 11.7 Å². The highest BCUT2D eigenvalue weighted by Gasteiger charge is 2.24. The number of carbonyl (C=O) groups excluding carboxylic acids is 1. The Balaban J connectivity index is 3.72. The van der Waals surface area contributed by atoms with Crippen LogP contribution in [0.4, 0.5) is 0 Å². The van der Waals surface area contributed by atoms with Crippen molar-refractivity contribution in [1.82, 2.24) is 0 Å². The average molecular weight is 249 g/mol. The number of rotatable bonds is 7. The van der Waals surface area contributed by atoms with E-state index in [-0.39, 0.29) is 11.9 Å². The zero-order chi connectivity index (χ0) is 12.8. The van der Waals surface area contributed by atoms with Crippen molar-refractivity contribution in [2.75, 3.05) is 18.6 Å². The second-order valence-corrected chi connectivity index (χ2v) is 5.59. The number of thioether (sulfide) groups is 1. The van der Waals surface area contributed by atoms with Crippen LogP contribution in [0, 0.1) is 5.92 Å².